The summed E-state index contributed by atoms with van der Waals surface area (Å²) in [6.45, 7) is 4.12. The summed E-state index contributed by atoms with van der Waals surface area (Å²) >= 11 is 0. The molecule has 0 atom stereocenters. The number of hydrogen-bond donors (Lipinski definition) is 2. The molecule has 1 aromatic heterocycles. The minimum atomic E-state index is -0.193. The minimum Gasteiger partial charge on any atom is -0.320 e. The summed E-state index contributed by atoms with van der Waals surface area (Å²) in [5, 5.41) is 2.80. The quantitative estimate of drug-likeness (QED) is 0.829. The fourth-order valence-corrected chi connectivity index (χ4v) is 1.95. The first kappa shape index (κ1) is 14.8. The lowest BCUT2D eigenvalue weighted by Gasteiger charge is -2.09. The van der Waals surface area contributed by atoms with E-state index in [1.807, 2.05) is 38.1 Å². The number of nitrogens with one attached hydrogen (secondary N) is 1. The standard InChI is InChI=1S/C17H17N3O/c1-12-8-10-19-16(11-12)20-17(21)15-7-3-5-14(13(15)2)6-4-9-18/h3,5,7-8,10-11H,9,18H2,1-2H3,(H,19,20,21). The molecule has 106 valence electrons. The summed E-state index contributed by atoms with van der Waals surface area (Å²) in [6, 6.07) is 9.16. The second-order valence-corrected chi connectivity index (χ2v) is 4.66. The van der Waals surface area contributed by atoms with Crippen molar-refractivity contribution in [3.05, 3.63) is 58.8 Å². The van der Waals surface area contributed by atoms with E-state index in [2.05, 4.69) is 22.1 Å². The van der Waals surface area contributed by atoms with Crippen molar-refractivity contribution in [2.24, 2.45) is 5.73 Å². The van der Waals surface area contributed by atoms with Crippen LogP contribution >= 0.6 is 0 Å². The number of aromatic nitrogens is 1. The number of hydrogen-bond acceptors (Lipinski definition) is 3. The molecule has 4 heteroatoms. The number of nitrogens with zero attached hydrogens (tertiary/aromatic N) is 1. The molecule has 2 rings (SSSR count). The molecule has 1 heterocycles. The van der Waals surface area contributed by atoms with E-state index in [-0.39, 0.29) is 5.91 Å². The van der Waals surface area contributed by atoms with E-state index in [4.69, 9.17) is 5.73 Å². The molecule has 0 saturated heterocycles. The molecular weight excluding hydrogens is 262 g/mol. The smallest absolute Gasteiger partial charge is 0.257 e. The Morgan fingerprint density at radius 3 is 2.86 bits per heavy atom. The van der Waals surface area contributed by atoms with Gasteiger partial charge in [-0.2, -0.15) is 0 Å². The highest BCUT2D eigenvalue weighted by atomic mass is 16.1. The van der Waals surface area contributed by atoms with Crippen LogP contribution in [0.15, 0.2) is 36.5 Å². The van der Waals surface area contributed by atoms with Crippen LogP contribution in [0.1, 0.15) is 27.0 Å². The van der Waals surface area contributed by atoms with Gasteiger partial charge in [-0.1, -0.05) is 17.9 Å². The van der Waals surface area contributed by atoms with E-state index < -0.39 is 0 Å². The van der Waals surface area contributed by atoms with E-state index in [1.165, 1.54) is 0 Å². The Morgan fingerprint density at radius 2 is 2.14 bits per heavy atom. The van der Waals surface area contributed by atoms with E-state index >= 15 is 0 Å². The fraction of sp³-hybridized carbons (Fsp3) is 0.176. The van der Waals surface area contributed by atoms with Crippen LogP contribution < -0.4 is 11.1 Å². The number of nitrogens with two attached hydrogens (primary N) is 1. The van der Waals surface area contributed by atoms with E-state index in [1.54, 1.807) is 12.3 Å². The Morgan fingerprint density at radius 1 is 1.33 bits per heavy atom. The van der Waals surface area contributed by atoms with Crippen molar-refractivity contribution in [1.29, 1.82) is 0 Å². The predicted octanol–water partition coefficient (Wildman–Crippen LogP) is 2.26. The summed E-state index contributed by atoms with van der Waals surface area (Å²) in [5.41, 5.74) is 8.65. The first-order chi connectivity index (χ1) is 10.1. The van der Waals surface area contributed by atoms with Crippen molar-refractivity contribution in [2.45, 2.75) is 13.8 Å². The van der Waals surface area contributed by atoms with Crippen molar-refractivity contribution in [3.63, 3.8) is 0 Å². The zero-order chi connectivity index (χ0) is 15.2. The predicted molar refractivity (Wildman–Crippen MR) is 84.0 cm³/mol. The van der Waals surface area contributed by atoms with E-state index in [0.717, 1.165) is 16.7 Å². The number of benzene rings is 1. The normalized spacial score (nSPS) is 9.67. The highest BCUT2D eigenvalue weighted by Gasteiger charge is 2.11. The van der Waals surface area contributed by atoms with Gasteiger partial charge in [0.1, 0.15) is 5.82 Å². The summed E-state index contributed by atoms with van der Waals surface area (Å²) in [4.78, 5) is 16.5. The third kappa shape index (κ3) is 3.68. The Balaban J connectivity index is 2.27. The van der Waals surface area contributed by atoms with E-state index in [0.29, 0.717) is 17.9 Å². The molecule has 0 aliphatic rings. The van der Waals surface area contributed by atoms with Gasteiger partial charge in [0.15, 0.2) is 0 Å². The molecule has 0 aliphatic carbocycles. The fourth-order valence-electron chi connectivity index (χ4n) is 1.95. The van der Waals surface area contributed by atoms with Crippen LogP contribution in [-0.2, 0) is 0 Å². The Labute approximate surface area is 124 Å². The van der Waals surface area contributed by atoms with Crippen LogP contribution in [0.3, 0.4) is 0 Å². The average Bonchev–Trinajstić information content (AvgIpc) is 2.46. The zero-order valence-corrected chi connectivity index (χ0v) is 12.1. The van der Waals surface area contributed by atoms with Gasteiger partial charge in [-0.25, -0.2) is 4.98 Å². The lowest BCUT2D eigenvalue weighted by Crippen LogP contribution is -2.14. The Bertz CT molecular complexity index is 726. The summed E-state index contributed by atoms with van der Waals surface area (Å²) in [5.74, 6) is 6.12. The topological polar surface area (TPSA) is 68.0 Å². The number of pyridine rings is 1. The largest absolute Gasteiger partial charge is 0.320 e. The zero-order valence-electron chi connectivity index (χ0n) is 12.1. The molecule has 21 heavy (non-hydrogen) atoms. The molecule has 0 saturated carbocycles. The maximum absolute atomic E-state index is 12.3. The van der Waals surface area contributed by atoms with Gasteiger partial charge in [-0.3, -0.25) is 4.79 Å². The van der Waals surface area contributed by atoms with Crippen LogP contribution in [0.4, 0.5) is 5.82 Å². The number of amides is 1. The van der Waals surface area contributed by atoms with Crippen LogP contribution in [-0.4, -0.2) is 17.4 Å². The van der Waals surface area contributed by atoms with Crippen LogP contribution in [0.25, 0.3) is 0 Å². The second kappa shape index (κ2) is 6.69. The Kier molecular flexibility index (Phi) is 4.70. The first-order valence-electron chi connectivity index (χ1n) is 6.64. The highest BCUT2D eigenvalue weighted by Crippen LogP contribution is 2.15. The number of carbonyl (C=O) groups excluding carboxylic acids is 1. The molecule has 0 unspecified atom stereocenters. The summed E-state index contributed by atoms with van der Waals surface area (Å²) < 4.78 is 0. The van der Waals surface area contributed by atoms with Crippen molar-refractivity contribution in [1.82, 2.24) is 4.98 Å². The average molecular weight is 279 g/mol. The lowest BCUT2D eigenvalue weighted by molar-refractivity contribution is 0.102. The maximum Gasteiger partial charge on any atom is 0.257 e. The summed E-state index contributed by atoms with van der Waals surface area (Å²) in [7, 11) is 0. The van der Waals surface area contributed by atoms with Gasteiger partial charge in [-0.15, -0.1) is 0 Å². The molecule has 0 bridgehead atoms. The van der Waals surface area contributed by atoms with Gasteiger partial charge in [0.05, 0.1) is 6.54 Å². The molecule has 1 aromatic carbocycles. The summed E-state index contributed by atoms with van der Waals surface area (Å²) in [6.07, 6.45) is 1.67. The lowest BCUT2D eigenvalue weighted by atomic mass is 10.0. The van der Waals surface area contributed by atoms with E-state index in [9.17, 15) is 4.79 Å². The maximum atomic E-state index is 12.3. The number of carbonyl (C=O) groups is 1. The van der Waals surface area contributed by atoms with Crippen molar-refractivity contribution < 1.29 is 4.79 Å². The molecule has 4 nitrogen and oxygen atoms in total. The highest BCUT2D eigenvalue weighted by molar-refractivity contribution is 6.05. The monoisotopic (exact) mass is 279 g/mol. The third-order valence-corrected chi connectivity index (χ3v) is 3.06. The molecule has 3 N–H and O–H groups in total. The van der Waals surface area contributed by atoms with Crippen molar-refractivity contribution in [3.8, 4) is 11.8 Å². The molecule has 0 aliphatic heterocycles. The first-order valence-corrected chi connectivity index (χ1v) is 6.64. The van der Waals surface area contributed by atoms with Gasteiger partial charge in [-0.05, 0) is 49.2 Å². The van der Waals surface area contributed by atoms with Crippen LogP contribution in [0.5, 0.6) is 0 Å². The van der Waals surface area contributed by atoms with Crippen LogP contribution in [0.2, 0.25) is 0 Å². The molecular formula is C17H17N3O. The second-order valence-electron chi connectivity index (χ2n) is 4.66. The molecule has 2 aromatic rings. The number of aryl methyl sites for hydroxylation is 1. The van der Waals surface area contributed by atoms with Gasteiger partial charge in [0.2, 0.25) is 0 Å². The third-order valence-electron chi connectivity index (χ3n) is 3.06. The number of anilines is 1. The molecule has 0 fully saturated rings. The van der Waals surface area contributed by atoms with Crippen LogP contribution in [0, 0.1) is 25.7 Å². The molecule has 0 spiro atoms. The van der Waals surface area contributed by atoms with Crippen molar-refractivity contribution in [2.75, 3.05) is 11.9 Å². The van der Waals surface area contributed by atoms with Crippen molar-refractivity contribution >= 4 is 11.7 Å². The van der Waals surface area contributed by atoms with Gasteiger partial charge in [0.25, 0.3) is 5.91 Å². The van der Waals surface area contributed by atoms with Gasteiger partial charge in [0, 0.05) is 17.3 Å². The molecule has 0 radical (unpaired) electrons. The van der Waals surface area contributed by atoms with Gasteiger partial charge < -0.3 is 11.1 Å². The number of rotatable bonds is 2. The Hall–Kier alpha value is -2.64. The SMILES string of the molecule is Cc1ccnc(NC(=O)c2cccc(C#CCN)c2C)c1. The minimum absolute atomic E-state index is 0.193. The van der Waals surface area contributed by atoms with Gasteiger partial charge >= 0.3 is 0 Å². The molecule has 1 amide bonds.